The number of amides is 1. The van der Waals surface area contributed by atoms with E-state index in [0.29, 0.717) is 11.8 Å². The van der Waals surface area contributed by atoms with Crippen LogP contribution in [0.4, 0.5) is 0 Å². The molecule has 1 aliphatic rings. The van der Waals surface area contributed by atoms with Crippen LogP contribution in [0.5, 0.6) is 0 Å². The zero-order valence-electron chi connectivity index (χ0n) is 12.2. The van der Waals surface area contributed by atoms with Crippen molar-refractivity contribution in [2.45, 2.75) is 58.7 Å². The highest BCUT2D eigenvalue weighted by molar-refractivity contribution is 7.98. The van der Waals surface area contributed by atoms with Gasteiger partial charge in [0, 0.05) is 6.54 Å². The van der Waals surface area contributed by atoms with Crippen LogP contribution in [0, 0.1) is 5.92 Å². The second kappa shape index (κ2) is 8.05. The molecule has 3 unspecified atom stereocenters. The van der Waals surface area contributed by atoms with E-state index in [1.165, 1.54) is 12.2 Å². The van der Waals surface area contributed by atoms with Gasteiger partial charge < -0.3 is 4.90 Å². The highest BCUT2D eigenvalue weighted by Crippen LogP contribution is 2.21. The number of carbonyl (C=O) groups is 1. The molecule has 1 amide bonds. The van der Waals surface area contributed by atoms with Gasteiger partial charge in [0.1, 0.15) is 0 Å². The average Bonchev–Trinajstić information content (AvgIpc) is 2.71. The molecule has 0 spiro atoms. The van der Waals surface area contributed by atoms with Crippen molar-refractivity contribution < 1.29 is 4.79 Å². The maximum absolute atomic E-state index is 12.4. The lowest BCUT2D eigenvalue weighted by atomic mass is 9.99. The molecular formula is C14H28N2OS. The molecule has 0 aromatic heterocycles. The van der Waals surface area contributed by atoms with Crippen LogP contribution in [0.3, 0.4) is 0 Å². The van der Waals surface area contributed by atoms with Gasteiger partial charge in [-0.25, -0.2) is 0 Å². The molecule has 4 heteroatoms. The number of carbonyl (C=O) groups excluding carboxylic acids is 1. The Morgan fingerprint density at radius 1 is 1.39 bits per heavy atom. The lowest BCUT2D eigenvalue weighted by Crippen LogP contribution is -2.37. The zero-order chi connectivity index (χ0) is 13.5. The second-order valence-corrected chi connectivity index (χ2v) is 6.17. The Morgan fingerprint density at radius 3 is 2.67 bits per heavy atom. The SMILES string of the molecule is CCC(C)C1NC(CC)N(CCCCSC)C1=O. The Kier molecular flexibility index (Phi) is 7.08. The summed E-state index contributed by atoms with van der Waals surface area (Å²) < 4.78 is 0. The fraction of sp³-hybridized carbons (Fsp3) is 0.929. The average molecular weight is 272 g/mol. The van der Waals surface area contributed by atoms with Crippen LogP contribution in [-0.4, -0.2) is 41.6 Å². The monoisotopic (exact) mass is 272 g/mol. The standard InChI is InChI=1S/C14H28N2OS/c1-5-11(3)13-14(17)16(12(6-2)15-13)9-7-8-10-18-4/h11-13,15H,5-10H2,1-4H3. The lowest BCUT2D eigenvalue weighted by molar-refractivity contribution is -0.131. The van der Waals surface area contributed by atoms with Crippen LogP contribution < -0.4 is 5.32 Å². The molecule has 1 heterocycles. The van der Waals surface area contributed by atoms with Crippen LogP contribution in [0.15, 0.2) is 0 Å². The number of nitrogens with one attached hydrogen (secondary N) is 1. The first-order valence-electron chi connectivity index (χ1n) is 7.21. The largest absolute Gasteiger partial charge is 0.326 e. The number of hydrogen-bond acceptors (Lipinski definition) is 3. The molecule has 3 atom stereocenters. The minimum Gasteiger partial charge on any atom is -0.326 e. The van der Waals surface area contributed by atoms with E-state index in [1.54, 1.807) is 0 Å². The third kappa shape index (κ3) is 3.89. The fourth-order valence-corrected chi connectivity index (χ4v) is 2.97. The molecule has 0 saturated carbocycles. The van der Waals surface area contributed by atoms with Crippen LogP contribution in [-0.2, 0) is 4.79 Å². The van der Waals surface area contributed by atoms with Crippen molar-refractivity contribution in [3.8, 4) is 0 Å². The Bertz CT molecular complexity index is 260. The van der Waals surface area contributed by atoms with Crippen molar-refractivity contribution in [2.24, 2.45) is 5.92 Å². The molecule has 1 aliphatic heterocycles. The first kappa shape index (κ1) is 15.8. The molecular weight excluding hydrogens is 244 g/mol. The summed E-state index contributed by atoms with van der Waals surface area (Å²) in [6.07, 6.45) is 6.77. The van der Waals surface area contributed by atoms with Gasteiger partial charge in [-0.2, -0.15) is 11.8 Å². The van der Waals surface area contributed by atoms with Crippen LogP contribution >= 0.6 is 11.8 Å². The number of nitrogens with zero attached hydrogens (tertiary/aromatic N) is 1. The maximum Gasteiger partial charge on any atom is 0.241 e. The van der Waals surface area contributed by atoms with Gasteiger partial charge in [0.15, 0.2) is 0 Å². The predicted molar refractivity (Wildman–Crippen MR) is 79.8 cm³/mol. The van der Waals surface area contributed by atoms with Gasteiger partial charge in [-0.1, -0.05) is 27.2 Å². The van der Waals surface area contributed by atoms with E-state index in [-0.39, 0.29) is 12.2 Å². The molecule has 1 saturated heterocycles. The lowest BCUT2D eigenvalue weighted by Gasteiger charge is -2.22. The number of thioether (sulfide) groups is 1. The predicted octanol–water partition coefficient (Wildman–Crippen LogP) is 2.71. The third-order valence-corrected chi connectivity index (χ3v) is 4.59. The summed E-state index contributed by atoms with van der Waals surface area (Å²) >= 11 is 1.88. The van der Waals surface area contributed by atoms with Crippen molar-refractivity contribution >= 4 is 17.7 Å². The first-order chi connectivity index (χ1) is 8.65. The molecule has 106 valence electrons. The van der Waals surface area contributed by atoms with Gasteiger partial charge in [-0.05, 0) is 37.2 Å². The summed E-state index contributed by atoms with van der Waals surface area (Å²) in [5, 5.41) is 3.50. The minimum absolute atomic E-state index is 0.0421. The molecule has 0 bridgehead atoms. The number of unbranched alkanes of at least 4 members (excludes halogenated alkanes) is 1. The maximum atomic E-state index is 12.4. The minimum atomic E-state index is 0.0421. The first-order valence-corrected chi connectivity index (χ1v) is 8.60. The van der Waals surface area contributed by atoms with Crippen molar-refractivity contribution in [1.29, 1.82) is 0 Å². The van der Waals surface area contributed by atoms with E-state index in [0.717, 1.165) is 25.8 Å². The Balaban J connectivity index is 2.51. The highest BCUT2D eigenvalue weighted by Gasteiger charge is 2.39. The van der Waals surface area contributed by atoms with Gasteiger partial charge in [0.2, 0.25) is 5.91 Å². The van der Waals surface area contributed by atoms with E-state index in [9.17, 15) is 4.79 Å². The summed E-state index contributed by atoms with van der Waals surface area (Å²) in [7, 11) is 0. The summed E-state index contributed by atoms with van der Waals surface area (Å²) in [5.74, 6) is 1.95. The van der Waals surface area contributed by atoms with Gasteiger partial charge in [0.05, 0.1) is 12.2 Å². The van der Waals surface area contributed by atoms with Crippen LogP contribution in [0.25, 0.3) is 0 Å². The van der Waals surface area contributed by atoms with Crippen LogP contribution in [0.2, 0.25) is 0 Å². The smallest absolute Gasteiger partial charge is 0.241 e. The van der Waals surface area contributed by atoms with Gasteiger partial charge in [-0.15, -0.1) is 0 Å². The second-order valence-electron chi connectivity index (χ2n) is 5.19. The van der Waals surface area contributed by atoms with Crippen molar-refractivity contribution in [3.05, 3.63) is 0 Å². The van der Waals surface area contributed by atoms with Crippen molar-refractivity contribution in [1.82, 2.24) is 10.2 Å². The van der Waals surface area contributed by atoms with E-state index in [4.69, 9.17) is 0 Å². The fourth-order valence-electron chi connectivity index (χ4n) is 2.48. The zero-order valence-corrected chi connectivity index (χ0v) is 13.1. The molecule has 3 nitrogen and oxygen atoms in total. The third-order valence-electron chi connectivity index (χ3n) is 3.89. The summed E-state index contributed by atoms with van der Waals surface area (Å²) in [4.78, 5) is 14.5. The molecule has 1 N–H and O–H groups in total. The molecule has 0 radical (unpaired) electrons. The van der Waals surface area contributed by atoms with Gasteiger partial charge in [0.25, 0.3) is 0 Å². The Labute approximate surface area is 116 Å². The summed E-state index contributed by atoms with van der Waals surface area (Å²) in [6, 6.07) is 0.0421. The van der Waals surface area contributed by atoms with E-state index >= 15 is 0 Å². The molecule has 0 aromatic rings. The molecule has 1 rings (SSSR count). The quantitative estimate of drug-likeness (QED) is 0.690. The molecule has 1 fully saturated rings. The molecule has 0 aromatic carbocycles. The highest BCUT2D eigenvalue weighted by atomic mass is 32.2. The van der Waals surface area contributed by atoms with E-state index in [2.05, 4.69) is 37.2 Å². The van der Waals surface area contributed by atoms with Crippen molar-refractivity contribution in [3.63, 3.8) is 0 Å². The Hall–Kier alpha value is -0.220. The topological polar surface area (TPSA) is 32.3 Å². The molecule has 0 aliphatic carbocycles. The Morgan fingerprint density at radius 2 is 2.11 bits per heavy atom. The van der Waals surface area contributed by atoms with Crippen LogP contribution in [0.1, 0.15) is 46.5 Å². The van der Waals surface area contributed by atoms with E-state index in [1.807, 2.05) is 11.8 Å². The van der Waals surface area contributed by atoms with Gasteiger partial charge in [-0.3, -0.25) is 10.1 Å². The summed E-state index contributed by atoms with van der Waals surface area (Å²) in [5.41, 5.74) is 0. The number of rotatable bonds is 8. The van der Waals surface area contributed by atoms with E-state index < -0.39 is 0 Å². The molecule has 18 heavy (non-hydrogen) atoms. The van der Waals surface area contributed by atoms with Crippen molar-refractivity contribution in [2.75, 3.05) is 18.6 Å². The number of hydrogen-bond donors (Lipinski definition) is 1. The van der Waals surface area contributed by atoms with Gasteiger partial charge >= 0.3 is 0 Å². The normalized spacial score (nSPS) is 25.8. The summed E-state index contributed by atoms with van der Waals surface area (Å²) in [6.45, 7) is 7.39.